The summed E-state index contributed by atoms with van der Waals surface area (Å²) in [5, 5.41) is 3.11. The van der Waals surface area contributed by atoms with Crippen LogP contribution in [0.25, 0.3) is 0 Å². The predicted molar refractivity (Wildman–Crippen MR) is 150 cm³/mol. The Bertz CT molecular complexity index is 1250. The van der Waals surface area contributed by atoms with E-state index in [-0.39, 0.29) is 17.9 Å². The Labute approximate surface area is 225 Å². The van der Waals surface area contributed by atoms with Gasteiger partial charge in [-0.1, -0.05) is 54.1 Å². The van der Waals surface area contributed by atoms with Crippen molar-refractivity contribution in [2.45, 2.75) is 51.1 Å². The van der Waals surface area contributed by atoms with Gasteiger partial charge in [0.1, 0.15) is 5.75 Å². The molecule has 2 aliphatic heterocycles. The minimum atomic E-state index is -0.172. The summed E-state index contributed by atoms with van der Waals surface area (Å²) in [5.41, 5.74) is 5.83. The molecule has 0 bridgehead atoms. The molecule has 0 spiro atoms. The van der Waals surface area contributed by atoms with Gasteiger partial charge in [0.25, 0.3) is 0 Å². The van der Waals surface area contributed by atoms with E-state index in [1.54, 1.807) is 0 Å². The Morgan fingerprint density at radius 1 is 0.921 bits per heavy atom. The van der Waals surface area contributed by atoms with E-state index in [0.29, 0.717) is 18.9 Å². The summed E-state index contributed by atoms with van der Waals surface area (Å²) in [6.45, 7) is 4.76. The summed E-state index contributed by atoms with van der Waals surface area (Å²) >= 11 is 0. The van der Waals surface area contributed by atoms with Gasteiger partial charge in [-0.15, -0.1) is 0 Å². The highest BCUT2D eigenvalue weighted by Crippen LogP contribution is 2.29. The SMILES string of the molecule is Cc1ccc(OCCC(=O)N2CCC(c3ccc(NC(=O)C4Cc5ccccc5CN4C)cc3)CC2)cc1. The van der Waals surface area contributed by atoms with Gasteiger partial charge in [0, 0.05) is 25.3 Å². The quantitative estimate of drug-likeness (QED) is 0.476. The summed E-state index contributed by atoms with van der Waals surface area (Å²) in [5.74, 6) is 1.42. The number of hydrogen-bond acceptors (Lipinski definition) is 4. The van der Waals surface area contributed by atoms with Gasteiger partial charge >= 0.3 is 0 Å². The Hall–Kier alpha value is -3.64. The van der Waals surface area contributed by atoms with Crippen LogP contribution in [0.3, 0.4) is 0 Å². The Morgan fingerprint density at radius 2 is 1.61 bits per heavy atom. The summed E-state index contributed by atoms with van der Waals surface area (Å²) in [6.07, 6.45) is 3.02. The van der Waals surface area contributed by atoms with Crippen molar-refractivity contribution >= 4 is 17.5 Å². The smallest absolute Gasteiger partial charge is 0.242 e. The molecule has 2 aliphatic rings. The maximum atomic E-state index is 13.0. The zero-order valence-corrected chi connectivity index (χ0v) is 22.4. The maximum absolute atomic E-state index is 13.0. The molecule has 3 aromatic rings. The largest absolute Gasteiger partial charge is 0.493 e. The highest BCUT2D eigenvalue weighted by Gasteiger charge is 2.29. The molecule has 1 saturated heterocycles. The van der Waals surface area contributed by atoms with Crippen LogP contribution in [0.5, 0.6) is 5.75 Å². The third kappa shape index (κ3) is 6.25. The molecule has 2 heterocycles. The molecule has 38 heavy (non-hydrogen) atoms. The lowest BCUT2D eigenvalue weighted by Crippen LogP contribution is -2.45. The number of likely N-dealkylation sites (tertiary alicyclic amines) is 1. The van der Waals surface area contributed by atoms with Crippen molar-refractivity contribution in [3.63, 3.8) is 0 Å². The maximum Gasteiger partial charge on any atom is 0.242 e. The van der Waals surface area contributed by atoms with E-state index in [4.69, 9.17) is 4.74 Å². The molecular formula is C32H37N3O3. The second-order valence-corrected chi connectivity index (χ2v) is 10.6. The lowest BCUT2D eigenvalue weighted by molar-refractivity contribution is -0.132. The van der Waals surface area contributed by atoms with Crippen LogP contribution in [0.1, 0.15) is 47.4 Å². The number of hydrogen-bond donors (Lipinski definition) is 1. The number of ether oxygens (including phenoxy) is 1. The van der Waals surface area contributed by atoms with Gasteiger partial charge in [0.05, 0.1) is 19.1 Å². The summed E-state index contributed by atoms with van der Waals surface area (Å²) in [7, 11) is 2.01. The average Bonchev–Trinajstić information content (AvgIpc) is 2.94. The minimum absolute atomic E-state index is 0.0351. The number of benzene rings is 3. The van der Waals surface area contributed by atoms with Crippen molar-refractivity contribution < 1.29 is 14.3 Å². The monoisotopic (exact) mass is 511 g/mol. The fourth-order valence-electron chi connectivity index (χ4n) is 5.52. The van der Waals surface area contributed by atoms with Crippen LogP contribution in [0.15, 0.2) is 72.8 Å². The first-order valence-corrected chi connectivity index (χ1v) is 13.6. The third-order valence-corrected chi connectivity index (χ3v) is 7.89. The Balaban J connectivity index is 1.07. The minimum Gasteiger partial charge on any atom is -0.493 e. The number of likely N-dealkylation sites (N-methyl/N-ethyl adjacent to an activating group) is 1. The van der Waals surface area contributed by atoms with Gasteiger partial charge < -0.3 is 15.0 Å². The number of fused-ring (bicyclic) bond motifs is 1. The number of amides is 2. The van der Waals surface area contributed by atoms with Crippen LogP contribution < -0.4 is 10.1 Å². The Kier molecular flexibility index (Phi) is 8.08. The molecule has 5 rings (SSSR count). The van der Waals surface area contributed by atoms with E-state index in [0.717, 1.165) is 50.3 Å². The number of carbonyl (C=O) groups excluding carboxylic acids is 2. The number of aryl methyl sites for hydroxylation is 1. The van der Waals surface area contributed by atoms with Gasteiger partial charge in [-0.05, 0) is 80.1 Å². The molecule has 1 fully saturated rings. The molecule has 1 atom stereocenters. The lowest BCUT2D eigenvalue weighted by Gasteiger charge is -2.33. The molecule has 198 valence electrons. The molecule has 1 N–H and O–H groups in total. The van der Waals surface area contributed by atoms with Crippen LogP contribution in [0.2, 0.25) is 0 Å². The van der Waals surface area contributed by atoms with Gasteiger partial charge in [-0.2, -0.15) is 0 Å². The van der Waals surface area contributed by atoms with Crippen molar-refractivity contribution in [3.8, 4) is 5.75 Å². The number of rotatable bonds is 7. The zero-order chi connectivity index (χ0) is 26.5. The van der Waals surface area contributed by atoms with Crippen molar-refractivity contribution in [1.82, 2.24) is 9.80 Å². The number of anilines is 1. The summed E-state index contributed by atoms with van der Waals surface area (Å²) < 4.78 is 5.73. The van der Waals surface area contributed by atoms with Crippen molar-refractivity contribution in [2.24, 2.45) is 0 Å². The molecule has 6 heteroatoms. The van der Waals surface area contributed by atoms with Gasteiger partial charge in [0.15, 0.2) is 0 Å². The molecule has 0 radical (unpaired) electrons. The van der Waals surface area contributed by atoms with Gasteiger partial charge in [0.2, 0.25) is 11.8 Å². The molecule has 0 aromatic heterocycles. The average molecular weight is 512 g/mol. The summed E-state index contributed by atoms with van der Waals surface area (Å²) in [4.78, 5) is 29.8. The van der Waals surface area contributed by atoms with Gasteiger partial charge in [-0.3, -0.25) is 14.5 Å². The van der Waals surface area contributed by atoms with Crippen molar-refractivity contribution in [1.29, 1.82) is 0 Å². The second kappa shape index (κ2) is 11.8. The highest BCUT2D eigenvalue weighted by atomic mass is 16.5. The zero-order valence-electron chi connectivity index (χ0n) is 22.4. The van der Waals surface area contributed by atoms with E-state index in [1.807, 2.05) is 61.3 Å². The van der Waals surface area contributed by atoms with Crippen LogP contribution in [-0.4, -0.2) is 54.4 Å². The normalized spacial score (nSPS) is 18.1. The molecular weight excluding hydrogens is 474 g/mol. The number of carbonyl (C=O) groups is 2. The van der Waals surface area contributed by atoms with Crippen LogP contribution >= 0.6 is 0 Å². The fraction of sp³-hybridized carbons (Fsp3) is 0.375. The van der Waals surface area contributed by atoms with Crippen molar-refractivity contribution in [2.75, 3.05) is 32.1 Å². The second-order valence-electron chi connectivity index (χ2n) is 10.6. The topological polar surface area (TPSA) is 61.9 Å². The number of nitrogens with zero attached hydrogens (tertiary/aromatic N) is 2. The van der Waals surface area contributed by atoms with E-state index in [2.05, 4.69) is 40.5 Å². The summed E-state index contributed by atoms with van der Waals surface area (Å²) in [6, 6.07) is 24.3. The van der Waals surface area contributed by atoms with E-state index >= 15 is 0 Å². The fourth-order valence-corrected chi connectivity index (χ4v) is 5.52. The third-order valence-electron chi connectivity index (χ3n) is 7.89. The van der Waals surface area contributed by atoms with E-state index in [1.165, 1.54) is 22.3 Å². The molecule has 2 amide bonds. The highest BCUT2D eigenvalue weighted by molar-refractivity contribution is 5.95. The Morgan fingerprint density at radius 3 is 2.32 bits per heavy atom. The molecule has 1 unspecified atom stereocenters. The molecule has 3 aromatic carbocycles. The first kappa shape index (κ1) is 26.0. The number of nitrogens with one attached hydrogen (secondary N) is 1. The number of piperidine rings is 1. The van der Waals surface area contributed by atoms with Crippen LogP contribution in [0, 0.1) is 6.92 Å². The molecule has 6 nitrogen and oxygen atoms in total. The molecule has 0 saturated carbocycles. The van der Waals surface area contributed by atoms with E-state index < -0.39 is 0 Å². The van der Waals surface area contributed by atoms with E-state index in [9.17, 15) is 9.59 Å². The standard InChI is InChI=1S/C32H37N3O3/c1-23-7-13-29(14-8-23)38-20-17-31(36)35-18-15-25(16-19-35)24-9-11-28(12-10-24)33-32(37)30-21-26-5-3-4-6-27(26)22-34(30)2/h3-14,25,30H,15-22H2,1-2H3,(H,33,37). The molecule has 0 aliphatic carbocycles. The van der Waals surface area contributed by atoms with Gasteiger partial charge in [-0.25, -0.2) is 0 Å². The first-order chi connectivity index (χ1) is 18.5. The van der Waals surface area contributed by atoms with Crippen LogP contribution in [0.4, 0.5) is 5.69 Å². The lowest BCUT2D eigenvalue weighted by atomic mass is 9.89. The predicted octanol–water partition coefficient (Wildman–Crippen LogP) is 5.17. The first-order valence-electron chi connectivity index (χ1n) is 13.6. The van der Waals surface area contributed by atoms with Crippen molar-refractivity contribution in [3.05, 3.63) is 95.1 Å². The van der Waals surface area contributed by atoms with Crippen LogP contribution in [-0.2, 0) is 22.6 Å².